The first-order chi connectivity index (χ1) is 10.9. The molecule has 2 N–H and O–H groups in total. The molecule has 2 rings (SSSR count). The van der Waals surface area contributed by atoms with Gasteiger partial charge in [0.05, 0.1) is 5.02 Å². The Balaban J connectivity index is 2.05. The first-order valence-corrected chi connectivity index (χ1v) is 7.34. The van der Waals surface area contributed by atoms with Crippen LogP contribution < -0.4 is 15.8 Å². The van der Waals surface area contributed by atoms with E-state index in [1.807, 2.05) is 25.1 Å². The lowest BCUT2D eigenvalue weighted by atomic mass is 10.2. The monoisotopic (exact) mass is 352 g/mol. The largest absolute Gasteiger partial charge is 0.378 e. The van der Waals surface area contributed by atoms with E-state index in [9.17, 15) is 9.59 Å². The quantitative estimate of drug-likeness (QED) is 0.657. The summed E-state index contributed by atoms with van der Waals surface area (Å²) in [5.41, 5.74) is 5.77. The number of carbonyl (C=O) groups is 2. The Morgan fingerprint density at radius 1 is 1.04 bits per heavy atom. The van der Waals surface area contributed by atoms with Gasteiger partial charge in [0.25, 0.3) is 11.8 Å². The number of hydrogen-bond acceptors (Lipinski definition) is 4. The second kappa shape index (κ2) is 7.30. The maximum absolute atomic E-state index is 12.1. The summed E-state index contributed by atoms with van der Waals surface area (Å²) in [6.07, 6.45) is 0. The third-order valence-corrected chi connectivity index (χ3v) is 3.46. The first kappa shape index (κ1) is 17.1. The van der Waals surface area contributed by atoms with E-state index in [0.29, 0.717) is 5.56 Å². The van der Waals surface area contributed by atoms with E-state index in [1.54, 1.807) is 18.2 Å². The molecule has 1 aromatic heterocycles. The molecule has 0 unspecified atom stereocenters. The van der Waals surface area contributed by atoms with Gasteiger partial charge in [-0.05, 0) is 30.3 Å². The number of hydrogen-bond donors (Lipinski definition) is 2. The average molecular weight is 353 g/mol. The molecule has 2 aromatic rings. The molecule has 6 nitrogen and oxygen atoms in total. The average Bonchev–Trinajstić information content (AvgIpc) is 2.54. The summed E-state index contributed by atoms with van der Waals surface area (Å²) >= 11 is 11.6. The molecule has 0 aliphatic carbocycles. The highest BCUT2D eigenvalue weighted by Gasteiger charge is 2.14. The van der Waals surface area contributed by atoms with Crippen molar-refractivity contribution in [2.45, 2.75) is 0 Å². The van der Waals surface area contributed by atoms with Gasteiger partial charge in [0, 0.05) is 25.3 Å². The van der Waals surface area contributed by atoms with Gasteiger partial charge in [-0.15, -0.1) is 0 Å². The number of aromatic nitrogens is 1. The Kier molecular flexibility index (Phi) is 5.41. The summed E-state index contributed by atoms with van der Waals surface area (Å²) < 4.78 is 0. The van der Waals surface area contributed by atoms with Gasteiger partial charge in [-0.2, -0.15) is 0 Å². The zero-order valence-corrected chi connectivity index (χ0v) is 13.9. The molecule has 0 aliphatic rings. The lowest BCUT2D eigenvalue weighted by Gasteiger charge is -2.13. The van der Waals surface area contributed by atoms with E-state index in [0.717, 1.165) is 5.69 Å². The number of nitrogens with one attached hydrogen (secondary N) is 2. The molecule has 0 saturated heterocycles. The highest BCUT2D eigenvalue weighted by atomic mass is 35.5. The van der Waals surface area contributed by atoms with Gasteiger partial charge in [0.1, 0.15) is 10.8 Å². The van der Waals surface area contributed by atoms with Gasteiger partial charge in [-0.3, -0.25) is 20.4 Å². The van der Waals surface area contributed by atoms with Crippen molar-refractivity contribution < 1.29 is 9.59 Å². The van der Waals surface area contributed by atoms with Crippen molar-refractivity contribution in [1.82, 2.24) is 15.8 Å². The number of amides is 2. The molecule has 0 fully saturated rings. The normalized spacial score (nSPS) is 10.1. The summed E-state index contributed by atoms with van der Waals surface area (Å²) in [4.78, 5) is 29.8. The second-order valence-corrected chi connectivity index (χ2v) is 5.61. The molecular formula is C15H14Cl2N4O2. The van der Waals surface area contributed by atoms with Crippen LogP contribution in [-0.4, -0.2) is 30.9 Å². The zero-order valence-electron chi connectivity index (χ0n) is 12.4. The number of carbonyl (C=O) groups excluding carboxylic acids is 2. The first-order valence-electron chi connectivity index (χ1n) is 6.58. The molecule has 120 valence electrons. The fourth-order valence-electron chi connectivity index (χ4n) is 1.75. The predicted molar refractivity (Wildman–Crippen MR) is 90.0 cm³/mol. The maximum Gasteiger partial charge on any atom is 0.289 e. The minimum atomic E-state index is -0.658. The van der Waals surface area contributed by atoms with Crippen molar-refractivity contribution in [3.63, 3.8) is 0 Å². The lowest BCUT2D eigenvalue weighted by molar-refractivity contribution is 0.0844. The summed E-state index contributed by atoms with van der Waals surface area (Å²) in [5.74, 6) is -1.12. The molecule has 2 amide bonds. The summed E-state index contributed by atoms with van der Waals surface area (Å²) in [6.45, 7) is 0. The molecule has 0 radical (unpaired) electrons. The fraction of sp³-hybridized carbons (Fsp3) is 0.133. The smallest absolute Gasteiger partial charge is 0.289 e. The minimum absolute atomic E-state index is 0.0680. The van der Waals surface area contributed by atoms with Crippen LogP contribution in [0.1, 0.15) is 20.8 Å². The van der Waals surface area contributed by atoms with E-state index in [-0.39, 0.29) is 15.9 Å². The molecule has 0 aliphatic heterocycles. The van der Waals surface area contributed by atoms with Crippen molar-refractivity contribution in [1.29, 1.82) is 0 Å². The number of halogens is 2. The Hall–Kier alpha value is -2.31. The van der Waals surface area contributed by atoms with E-state index >= 15 is 0 Å². The number of rotatable bonds is 3. The van der Waals surface area contributed by atoms with Crippen molar-refractivity contribution in [2.24, 2.45) is 0 Å². The highest BCUT2D eigenvalue weighted by molar-refractivity contribution is 6.34. The van der Waals surface area contributed by atoms with Crippen LogP contribution in [0, 0.1) is 0 Å². The highest BCUT2D eigenvalue weighted by Crippen LogP contribution is 2.16. The lowest BCUT2D eigenvalue weighted by Crippen LogP contribution is -2.42. The van der Waals surface area contributed by atoms with E-state index in [2.05, 4.69) is 15.8 Å². The van der Waals surface area contributed by atoms with Gasteiger partial charge in [0.15, 0.2) is 0 Å². The van der Waals surface area contributed by atoms with Crippen LogP contribution >= 0.6 is 23.2 Å². The molecule has 0 spiro atoms. The van der Waals surface area contributed by atoms with Gasteiger partial charge in [-0.1, -0.05) is 29.3 Å². The molecule has 0 atom stereocenters. The Labute approximate surface area is 143 Å². The second-order valence-electron chi connectivity index (χ2n) is 4.82. The Morgan fingerprint density at radius 3 is 2.43 bits per heavy atom. The van der Waals surface area contributed by atoms with Gasteiger partial charge < -0.3 is 4.90 Å². The third-order valence-electron chi connectivity index (χ3n) is 2.94. The van der Waals surface area contributed by atoms with Crippen LogP contribution in [-0.2, 0) is 0 Å². The molecule has 1 heterocycles. The number of benzene rings is 1. The van der Waals surface area contributed by atoms with Crippen LogP contribution in [0.15, 0.2) is 36.4 Å². The van der Waals surface area contributed by atoms with Crippen LogP contribution in [0.3, 0.4) is 0 Å². The molecule has 8 heteroatoms. The summed E-state index contributed by atoms with van der Waals surface area (Å²) in [7, 11) is 3.73. The van der Waals surface area contributed by atoms with Crippen molar-refractivity contribution >= 4 is 40.7 Å². The summed E-state index contributed by atoms with van der Waals surface area (Å²) in [6, 6.07) is 9.87. The van der Waals surface area contributed by atoms with Gasteiger partial charge in [-0.25, -0.2) is 4.98 Å². The van der Waals surface area contributed by atoms with Crippen molar-refractivity contribution in [2.75, 3.05) is 19.0 Å². The third kappa shape index (κ3) is 4.34. The van der Waals surface area contributed by atoms with E-state index < -0.39 is 11.8 Å². The number of hydrazine groups is 1. The Morgan fingerprint density at radius 2 is 1.74 bits per heavy atom. The summed E-state index contributed by atoms with van der Waals surface area (Å²) in [5, 5.41) is 0.264. The van der Waals surface area contributed by atoms with E-state index in [1.165, 1.54) is 12.1 Å². The minimum Gasteiger partial charge on any atom is -0.378 e. The van der Waals surface area contributed by atoms with Gasteiger partial charge in [0.2, 0.25) is 0 Å². The molecule has 1 aromatic carbocycles. The number of pyridine rings is 1. The zero-order chi connectivity index (χ0) is 17.0. The number of nitrogens with zero attached hydrogens (tertiary/aromatic N) is 2. The molecule has 23 heavy (non-hydrogen) atoms. The van der Waals surface area contributed by atoms with Crippen LogP contribution in [0.2, 0.25) is 10.2 Å². The predicted octanol–water partition coefficient (Wildman–Crippen LogP) is 2.53. The Bertz CT molecular complexity index is 750. The van der Waals surface area contributed by atoms with Crippen molar-refractivity contribution in [3.8, 4) is 0 Å². The number of anilines is 1. The molecular weight excluding hydrogens is 339 g/mol. The van der Waals surface area contributed by atoms with Crippen LogP contribution in [0.5, 0.6) is 0 Å². The van der Waals surface area contributed by atoms with E-state index in [4.69, 9.17) is 23.2 Å². The van der Waals surface area contributed by atoms with Crippen molar-refractivity contribution in [3.05, 3.63) is 57.8 Å². The molecule has 0 bridgehead atoms. The SMILES string of the molecule is CN(C)c1cccc(C(=O)NNC(=O)c2nc(Cl)ccc2Cl)c1. The molecule has 0 saturated carbocycles. The fourth-order valence-corrected chi connectivity index (χ4v) is 2.09. The maximum atomic E-state index is 12.1. The van der Waals surface area contributed by atoms with Crippen LogP contribution in [0.25, 0.3) is 0 Å². The topological polar surface area (TPSA) is 74.3 Å². The van der Waals surface area contributed by atoms with Crippen LogP contribution in [0.4, 0.5) is 5.69 Å². The standard InChI is InChI=1S/C15H14Cl2N4O2/c1-21(2)10-5-3-4-9(8-10)14(22)19-20-15(23)13-11(16)6-7-12(17)18-13/h3-8H,1-2H3,(H,19,22)(H,20,23). The van der Waals surface area contributed by atoms with Gasteiger partial charge >= 0.3 is 0 Å².